The highest BCUT2D eigenvalue weighted by atomic mass is 16.5. The van der Waals surface area contributed by atoms with Gasteiger partial charge in [0.05, 0.1) is 14.2 Å². The lowest BCUT2D eigenvalue weighted by Crippen LogP contribution is -2.57. The smallest absolute Gasteiger partial charge is 0.407 e. The molecule has 0 spiro atoms. The zero-order chi connectivity index (χ0) is 43.8. The van der Waals surface area contributed by atoms with Crippen molar-refractivity contribution in [2.75, 3.05) is 37.9 Å². The predicted molar refractivity (Wildman–Crippen MR) is 229 cm³/mol. The number of amides is 6. The minimum atomic E-state index is -0.849. The Morgan fingerprint density at radius 1 is 0.600 bits per heavy atom. The molecule has 5 rings (SSSR count). The van der Waals surface area contributed by atoms with E-state index in [1.54, 1.807) is 9.80 Å². The van der Waals surface area contributed by atoms with Gasteiger partial charge >= 0.3 is 12.2 Å². The van der Waals surface area contributed by atoms with Crippen LogP contribution >= 0.6 is 0 Å². The van der Waals surface area contributed by atoms with Crippen molar-refractivity contribution in [3.05, 3.63) is 59.7 Å². The van der Waals surface area contributed by atoms with Crippen LogP contribution in [0.4, 0.5) is 21.0 Å². The average Bonchev–Trinajstić information content (AvgIpc) is 4.02. The first-order chi connectivity index (χ1) is 28.4. The summed E-state index contributed by atoms with van der Waals surface area (Å²) in [6.07, 6.45) is 5.65. The van der Waals surface area contributed by atoms with Crippen LogP contribution in [0, 0.1) is 10.8 Å². The Bertz CT molecular complexity index is 1710. The third-order valence-electron chi connectivity index (χ3n) is 11.9. The van der Waals surface area contributed by atoms with Gasteiger partial charge < -0.3 is 40.5 Å². The third-order valence-corrected chi connectivity index (χ3v) is 11.9. The zero-order valence-electron chi connectivity index (χ0n) is 36.6. The lowest BCUT2D eigenvalue weighted by atomic mass is 9.85. The molecule has 60 heavy (non-hydrogen) atoms. The number of carbonyl (C=O) groups is 6. The van der Waals surface area contributed by atoms with Gasteiger partial charge in [-0.05, 0) is 84.7 Å². The van der Waals surface area contributed by atoms with Gasteiger partial charge in [0.25, 0.3) is 0 Å². The van der Waals surface area contributed by atoms with E-state index >= 15 is 0 Å². The van der Waals surface area contributed by atoms with Crippen LogP contribution in [-0.2, 0) is 41.7 Å². The maximum atomic E-state index is 13.6. The summed E-state index contributed by atoms with van der Waals surface area (Å²) in [7, 11) is 2.51. The van der Waals surface area contributed by atoms with Crippen LogP contribution in [-0.4, -0.2) is 108 Å². The molecule has 4 N–H and O–H groups in total. The van der Waals surface area contributed by atoms with E-state index in [9.17, 15) is 28.8 Å². The highest BCUT2D eigenvalue weighted by molar-refractivity contribution is 5.99. The van der Waals surface area contributed by atoms with Crippen molar-refractivity contribution in [1.82, 2.24) is 25.3 Å². The van der Waals surface area contributed by atoms with Crippen LogP contribution in [0.2, 0.25) is 0 Å². The second-order valence-corrected chi connectivity index (χ2v) is 18.5. The number of anilines is 2. The van der Waals surface area contributed by atoms with Crippen LogP contribution in [0.15, 0.2) is 48.5 Å². The van der Waals surface area contributed by atoms with Gasteiger partial charge in [-0.15, -0.1) is 0 Å². The highest BCUT2D eigenvalue weighted by Gasteiger charge is 2.43. The van der Waals surface area contributed by atoms with Crippen molar-refractivity contribution in [3.8, 4) is 0 Å². The molecule has 2 saturated heterocycles. The molecule has 15 nitrogen and oxygen atoms in total. The summed E-state index contributed by atoms with van der Waals surface area (Å²) < 4.78 is 9.52. The number of nitrogens with zero attached hydrogens (tertiary/aromatic N) is 3. The van der Waals surface area contributed by atoms with Crippen LogP contribution in [0.25, 0.3) is 0 Å². The molecule has 15 heteroatoms. The van der Waals surface area contributed by atoms with E-state index in [1.807, 2.05) is 90.1 Å². The van der Waals surface area contributed by atoms with Crippen molar-refractivity contribution in [3.63, 3.8) is 0 Å². The molecule has 3 aliphatic rings. The number of ether oxygens (including phenoxy) is 2. The summed E-state index contributed by atoms with van der Waals surface area (Å²) in [4.78, 5) is 84.1. The average molecular weight is 832 g/mol. The lowest BCUT2D eigenvalue weighted by Gasteiger charge is -2.35. The number of hydrogen-bond acceptors (Lipinski definition) is 9. The van der Waals surface area contributed by atoms with Gasteiger partial charge in [0, 0.05) is 43.6 Å². The number of benzene rings is 2. The molecule has 2 heterocycles. The van der Waals surface area contributed by atoms with Gasteiger partial charge in [0.1, 0.15) is 24.2 Å². The lowest BCUT2D eigenvalue weighted by molar-refractivity contribution is -0.140. The van der Waals surface area contributed by atoms with Gasteiger partial charge in [-0.3, -0.25) is 24.1 Å². The van der Waals surface area contributed by atoms with Crippen molar-refractivity contribution >= 4 is 47.2 Å². The summed E-state index contributed by atoms with van der Waals surface area (Å²) in [6, 6.07) is 13.1. The predicted octanol–water partition coefficient (Wildman–Crippen LogP) is 6.03. The van der Waals surface area contributed by atoms with Crippen molar-refractivity contribution < 1.29 is 38.2 Å². The Labute approximate surface area is 354 Å². The largest absolute Gasteiger partial charge is 0.453 e. The Hall–Kier alpha value is -5.18. The maximum absolute atomic E-state index is 13.6. The fraction of sp³-hybridized carbons (Fsp3) is 0.600. The van der Waals surface area contributed by atoms with Crippen LogP contribution < -0.4 is 21.3 Å². The molecule has 4 atom stereocenters. The summed E-state index contributed by atoms with van der Waals surface area (Å²) in [6.45, 7) is 13.5. The SMILES string of the molecule is COC(=O)N[C@H](C(=O)N1CCC[C@H]1C(=O)Nc1ccc(CN(Cc2ccc(NC(=O)[C@@H]3CCCN3C(=O)[C@@H](NC(=O)OC)C(C)(C)C)cc2)C2CCCC2)cc1)C(C)(C)C. The van der Waals surface area contributed by atoms with E-state index in [2.05, 4.69) is 26.2 Å². The first-order valence-corrected chi connectivity index (χ1v) is 21.2. The maximum Gasteiger partial charge on any atom is 0.407 e. The van der Waals surface area contributed by atoms with Gasteiger partial charge in [-0.1, -0.05) is 78.6 Å². The molecule has 0 radical (unpaired) electrons. The van der Waals surface area contributed by atoms with Crippen LogP contribution in [0.5, 0.6) is 0 Å². The normalized spacial score (nSPS) is 19.4. The number of methoxy groups -OCH3 is 2. The fourth-order valence-electron chi connectivity index (χ4n) is 8.48. The van der Waals surface area contributed by atoms with E-state index in [0.29, 0.717) is 56.2 Å². The Kier molecular flexibility index (Phi) is 15.2. The molecular formula is C45H65N7O8. The number of carbonyl (C=O) groups excluding carboxylic acids is 6. The second kappa shape index (κ2) is 19.9. The number of alkyl carbamates (subject to hydrolysis) is 2. The van der Waals surface area contributed by atoms with Gasteiger partial charge in [0.15, 0.2) is 0 Å². The summed E-state index contributed by atoms with van der Waals surface area (Å²) >= 11 is 0. The van der Waals surface area contributed by atoms with E-state index in [0.717, 1.165) is 37.1 Å². The number of nitrogens with one attached hydrogen (secondary N) is 4. The molecule has 0 aromatic heterocycles. The summed E-state index contributed by atoms with van der Waals surface area (Å²) in [5, 5.41) is 11.3. The fourth-order valence-corrected chi connectivity index (χ4v) is 8.48. The molecule has 6 amide bonds. The zero-order valence-corrected chi connectivity index (χ0v) is 36.6. The molecular weight excluding hydrogens is 767 g/mol. The van der Waals surface area contributed by atoms with Gasteiger partial charge in [-0.2, -0.15) is 0 Å². The molecule has 0 bridgehead atoms. The van der Waals surface area contributed by atoms with Crippen molar-refractivity contribution in [1.29, 1.82) is 0 Å². The summed E-state index contributed by atoms with van der Waals surface area (Å²) in [5.74, 6) is -1.14. The third kappa shape index (κ3) is 11.8. The number of rotatable bonds is 13. The quantitative estimate of drug-likeness (QED) is 0.188. The first-order valence-electron chi connectivity index (χ1n) is 21.2. The molecule has 0 unspecified atom stereocenters. The molecule has 2 aromatic rings. The Morgan fingerprint density at radius 3 is 1.30 bits per heavy atom. The van der Waals surface area contributed by atoms with Crippen molar-refractivity contribution in [2.45, 2.75) is 136 Å². The van der Waals surface area contributed by atoms with Gasteiger partial charge in [0.2, 0.25) is 23.6 Å². The van der Waals surface area contributed by atoms with E-state index in [-0.39, 0.29) is 23.6 Å². The number of hydrogen-bond donors (Lipinski definition) is 4. The number of likely N-dealkylation sites (tertiary alicyclic amines) is 2. The molecule has 1 saturated carbocycles. The minimum Gasteiger partial charge on any atom is -0.453 e. The van der Waals surface area contributed by atoms with E-state index in [1.165, 1.54) is 27.1 Å². The Balaban J connectivity index is 1.19. The molecule has 2 aromatic carbocycles. The highest BCUT2D eigenvalue weighted by Crippen LogP contribution is 2.30. The first kappa shape index (κ1) is 45.9. The van der Waals surface area contributed by atoms with Gasteiger partial charge in [-0.25, -0.2) is 9.59 Å². The topological polar surface area (TPSA) is 179 Å². The summed E-state index contributed by atoms with van der Waals surface area (Å²) in [5.41, 5.74) is 2.31. The molecule has 3 fully saturated rings. The Morgan fingerprint density at radius 2 is 0.967 bits per heavy atom. The van der Waals surface area contributed by atoms with Crippen molar-refractivity contribution in [2.24, 2.45) is 10.8 Å². The molecule has 1 aliphatic carbocycles. The van der Waals surface area contributed by atoms with E-state index in [4.69, 9.17) is 9.47 Å². The minimum absolute atomic E-state index is 0.261. The molecule has 2 aliphatic heterocycles. The van der Waals surface area contributed by atoms with Crippen LogP contribution in [0.3, 0.4) is 0 Å². The standard InChI is InChI=1S/C45H65N7O8/c1-44(2,3)36(48-42(57)59-7)40(55)51-25-11-15-34(51)38(53)46-31-21-17-29(18-22-31)27-50(33-13-9-10-14-33)28-30-19-23-32(24-20-30)47-39(54)35-16-12-26-52(35)41(56)37(45(4,5)6)49-43(58)60-8/h17-24,33-37H,9-16,25-28H2,1-8H3,(H,46,53)(H,47,54)(H,48,57)(H,49,58)/t34-,35-,36+,37+/m0/s1. The van der Waals surface area contributed by atoms with E-state index < -0.39 is 47.2 Å². The second-order valence-electron chi connectivity index (χ2n) is 18.5. The van der Waals surface area contributed by atoms with Crippen LogP contribution in [0.1, 0.15) is 104 Å². The molecule has 328 valence electrons. The monoisotopic (exact) mass is 831 g/mol.